The maximum absolute atomic E-state index is 5.78. The van der Waals surface area contributed by atoms with E-state index in [9.17, 15) is 0 Å². The van der Waals surface area contributed by atoms with Crippen molar-refractivity contribution in [3.63, 3.8) is 0 Å². The first kappa shape index (κ1) is 17.0. The summed E-state index contributed by atoms with van der Waals surface area (Å²) in [6, 6.07) is 25.6. The largest absolute Gasteiger partial charge is 0.457 e. The first-order valence-electron chi connectivity index (χ1n) is 8.23. The SMILES string of the molecule is CCc1cccc(NC(=S)Nc2ccc(Oc3ccccc3)cc2)c1. The van der Waals surface area contributed by atoms with Crippen LogP contribution in [0.3, 0.4) is 0 Å². The van der Waals surface area contributed by atoms with Gasteiger partial charge in [-0.2, -0.15) is 0 Å². The average molecular weight is 348 g/mol. The third-order valence-electron chi connectivity index (χ3n) is 3.68. The number of rotatable bonds is 5. The van der Waals surface area contributed by atoms with Gasteiger partial charge in [0.05, 0.1) is 0 Å². The molecule has 4 heteroatoms. The molecule has 2 N–H and O–H groups in total. The van der Waals surface area contributed by atoms with E-state index in [4.69, 9.17) is 17.0 Å². The van der Waals surface area contributed by atoms with Gasteiger partial charge in [-0.25, -0.2) is 0 Å². The molecule has 3 nitrogen and oxygen atoms in total. The fourth-order valence-electron chi connectivity index (χ4n) is 2.39. The summed E-state index contributed by atoms with van der Waals surface area (Å²) in [4.78, 5) is 0. The third-order valence-corrected chi connectivity index (χ3v) is 3.89. The van der Waals surface area contributed by atoms with E-state index in [1.807, 2.05) is 66.7 Å². The lowest BCUT2D eigenvalue weighted by atomic mass is 10.1. The van der Waals surface area contributed by atoms with Gasteiger partial charge in [0.2, 0.25) is 0 Å². The molecule has 0 bridgehead atoms. The molecule has 0 spiro atoms. The van der Waals surface area contributed by atoms with Gasteiger partial charge in [0.15, 0.2) is 5.11 Å². The van der Waals surface area contributed by atoms with E-state index >= 15 is 0 Å². The summed E-state index contributed by atoms with van der Waals surface area (Å²) in [5.41, 5.74) is 3.17. The summed E-state index contributed by atoms with van der Waals surface area (Å²) in [7, 11) is 0. The highest BCUT2D eigenvalue weighted by atomic mass is 32.1. The Bertz CT molecular complexity index is 832. The van der Waals surface area contributed by atoms with Crippen LogP contribution in [-0.4, -0.2) is 5.11 Å². The van der Waals surface area contributed by atoms with Crippen molar-refractivity contribution in [2.24, 2.45) is 0 Å². The van der Waals surface area contributed by atoms with Crippen LogP contribution in [0.1, 0.15) is 12.5 Å². The Morgan fingerprint density at radius 2 is 1.48 bits per heavy atom. The summed E-state index contributed by atoms with van der Waals surface area (Å²) in [5, 5.41) is 6.95. The van der Waals surface area contributed by atoms with Gasteiger partial charge in [-0.1, -0.05) is 37.3 Å². The first-order chi connectivity index (χ1) is 12.2. The second-order valence-corrected chi connectivity index (χ2v) is 5.98. The fraction of sp³-hybridized carbons (Fsp3) is 0.0952. The maximum Gasteiger partial charge on any atom is 0.175 e. The van der Waals surface area contributed by atoms with Gasteiger partial charge in [-0.3, -0.25) is 0 Å². The van der Waals surface area contributed by atoms with Crippen LogP contribution in [-0.2, 0) is 6.42 Å². The van der Waals surface area contributed by atoms with Crippen molar-refractivity contribution in [1.82, 2.24) is 0 Å². The van der Waals surface area contributed by atoms with Gasteiger partial charge in [0.1, 0.15) is 11.5 Å². The van der Waals surface area contributed by atoms with Crippen LogP contribution in [0.2, 0.25) is 0 Å². The first-order valence-corrected chi connectivity index (χ1v) is 8.63. The highest BCUT2D eigenvalue weighted by molar-refractivity contribution is 7.80. The Labute approximate surface area is 153 Å². The molecule has 3 aromatic carbocycles. The maximum atomic E-state index is 5.78. The molecule has 0 aliphatic rings. The van der Waals surface area contributed by atoms with Gasteiger partial charge in [-0.05, 0) is 72.7 Å². The van der Waals surface area contributed by atoms with E-state index in [0.717, 1.165) is 29.3 Å². The summed E-state index contributed by atoms with van der Waals surface area (Å²) in [6.45, 7) is 2.13. The molecule has 3 rings (SSSR count). The van der Waals surface area contributed by atoms with Gasteiger partial charge in [-0.15, -0.1) is 0 Å². The zero-order valence-corrected chi connectivity index (χ0v) is 14.8. The lowest BCUT2D eigenvalue weighted by Gasteiger charge is -2.12. The fourth-order valence-corrected chi connectivity index (χ4v) is 2.63. The quantitative estimate of drug-likeness (QED) is 0.567. The molecule has 0 amide bonds. The van der Waals surface area contributed by atoms with Crippen molar-refractivity contribution in [1.29, 1.82) is 0 Å². The Morgan fingerprint density at radius 1 is 0.800 bits per heavy atom. The van der Waals surface area contributed by atoms with Crippen LogP contribution in [0.25, 0.3) is 0 Å². The minimum Gasteiger partial charge on any atom is -0.457 e. The molecule has 25 heavy (non-hydrogen) atoms. The molecular formula is C21H20N2OS. The van der Waals surface area contributed by atoms with Crippen LogP contribution >= 0.6 is 12.2 Å². The van der Waals surface area contributed by atoms with Crippen molar-refractivity contribution >= 4 is 28.7 Å². The van der Waals surface area contributed by atoms with E-state index in [1.165, 1.54) is 5.56 Å². The Balaban J connectivity index is 1.58. The number of benzene rings is 3. The molecule has 0 aromatic heterocycles. The van der Waals surface area contributed by atoms with Crippen LogP contribution in [0.4, 0.5) is 11.4 Å². The molecule has 0 heterocycles. The van der Waals surface area contributed by atoms with Crippen LogP contribution in [0.15, 0.2) is 78.9 Å². The smallest absolute Gasteiger partial charge is 0.175 e. The molecule has 3 aromatic rings. The number of thiocarbonyl (C=S) groups is 1. The second-order valence-electron chi connectivity index (χ2n) is 5.57. The standard InChI is InChI=1S/C21H20N2OS/c1-2-16-7-6-8-18(15-16)23-21(25)22-17-11-13-20(14-12-17)24-19-9-4-3-5-10-19/h3-15H,2H2,1H3,(H2,22,23,25). The molecule has 0 aliphatic carbocycles. The van der Waals surface area contributed by atoms with Crippen LogP contribution < -0.4 is 15.4 Å². The van der Waals surface area contributed by atoms with Gasteiger partial charge in [0, 0.05) is 11.4 Å². The summed E-state index contributed by atoms with van der Waals surface area (Å²) < 4.78 is 5.78. The monoisotopic (exact) mass is 348 g/mol. The average Bonchev–Trinajstić information content (AvgIpc) is 2.64. The van der Waals surface area contributed by atoms with E-state index in [-0.39, 0.29) is 0 Å². The predicted molar refractivity (Wildman–Crippen MR) is 109 cm³/mol. The molecule has 0 saturated carbocycles. The lowest BCUT2D eigenvalue weighted by Crippen LogP contribution is -2.19. The number of ether oxygens (including phenoxy) is 1. The molecule has 0 fully saturated rings. The van der Waals surface area contributed by atoms with E-state index < -0.39 is 0 Å². The Hall–Kier alpha value is -2.85. The van der Waals surface area contributed by atoms with E-state index in [2.05, 4.69) is 29.7 Å². The Kier molecular flexibility index (Phi) is 5.65. The van der Waals surface area contributed by atoms with Crippen molar-refractivity contribution in [2.45, 2.75) is 13.3 Å². The number of para-hydroxylation sites is 1. The van der Waals surface area contributed by atoms with Crippen LogP contribution in [0, 0.1) is 0 Å². The van der Waals surface area contributed by atoms with E-state index in [1.54, 1.807) is 0 Å². The number of hydrogen-bond donors (Lipinski definition) is 2. The third kappa shape index (κ3) is 5.06. The predicted octanol–water partition coefficient (Wildman–Crippen LogP) is 5.85. The molecule has 126 valence electrons. The minimum atomic E-state index is 0.560. The van der Waals surface area contributed by atoms with E-state index in [0.29, 0.717) is 5.11 Å². The number of nitrogens with one attached hydrogen (secondary N) is 2. The number of hydrogen-bond acceptors (Lipinski definition) is 2. The van der Waals surface area contributed by atoms with Gasteiger partial charge < -0.3 is 15.4 Å². The molecule has 0 atom stereocenters. The van der Waals surface area contributed by atoms with Gasteiger partial charge >= 0.3 is 0 Å². The van der Waals surface area contributed by atoms with Crippen molar-refractivity contribution in [2.75, 3.05) is 10.6 Å². The number of anilines is 2. The summed E-state index contributed by atoms with van der Waals surface area (Å²) in [6.07, 6.45) is 0.999. The van der Waals surface area contributed by atoms with Crippen molar-refractivity contribution in [3.8, 4) is 11.5 Å². The minimum absolute atomic E-state index is 0.560. The van der Waals surface area contributed by atoms with Gasteiger partial charge in [0.25, 0.3) is 0 Å². The molecule has 0 radical (unpaired) electrons. The molecular weight excluding hydrogens is 328 g/mol. The molecule has 0 aliphatic heterocycles. The highest BCUT2D eigenvalue weighted by Gasteiger charge is 2.01. The summed E-state index contributed by atoms with van der Waals surface area (Å²) in [5.74, 6) is 1.60. The second kappa shape index (κ2) is 8.31. The summed E-state index contributed by atoms with van der Waals surface area (Å²) >= 11 is 5.38. The van der Waals surface area contributed by atoms with Crippen molar-refractivity contribution < 1.29 is 4.74 Å². The van der Waals surface area contributed by atoms with Crippen molar-refractivity contribution in [3.05, 3.63) is 84.4 Å². The topological polar surface area (TPSA) is 33.3 Å². The Morgan fingerprint density at radius 3 is 2.20 bits per heavy atom. The normalized spacial score (nSPS) is 10.1. The zero-order chi connectivity index (χ0) is 17.5. The lowest BCUT2D eigenvalue weighted by molar-refractivity contribution is 0.483. The zero-order valence-electron chi connectivity index (χ0n) is 14.0. The highest BCUT2D eigenvalue weighted by Crippen LogP contribution is 2.22. The number of aryl methyl sites for hydroxylation is 1. The molecule has 0 saturated heterocycles. The molecule has 0 unspecified atom stereocenters. The van der Waals surface area contributed by atoms with Crippen LogP contribution in [0.5, 0.6) is 11.5 Å².